The minimum Gasteiger partial charge on any atom is -0.490 e. The van der Waals surface area contributed by atoms with Crippen molar-refractivity contribution in [1.29, 1.82) is 0 Å². The van der Waals surface area contributed by atoms with Crippen LogP contribution < -0.4 is 10.1 Å². The van der Waals surface area contributed by atoms with E-state index >= 15 is 0 Å². The van der Waals surface area contributed by atoms with Crippen LogP contribution in [0.2, 0.25) is 0 Å². The largest absolute Gasteiger partial charge is 0.490 e. The predicted octanol–water partition coefficient (Wildman–Crippen LogP) is 5.16. The number of aromatic nitrogens is 2. The predicted molar refractivity (Wildman–Crippen MR) is 142 cm³/mol. The normalized spacial score (nSPS) is 17.7. The third-order valence-corrected chi connectivity index (χ3v) is 7.75. The zero-order valence-electron chi connectivity index (χ0n) is 20.7. The van der Waals surface area contributed by atoms with Crippen molar-refractivity contribution < 1.29 is 9.53 Å². The number of aromatic amines is 1. The number of carbonyl (C=O) groups excluding carboxylic acids is 1. The van der Waals surface area contributed by atoms with E-state index in [1.165, 1.54) is 5.56 Å². The van der Waals surface area contributed by atoms with Crippen LogP contribution >= 0.6 is 0 Å². The van der Waals surface area contributed by atoms with Crippen molar-refractivity contribution in [2.45, 2.75) is 37.2 Å². The van der Waals surface area contributed by atoms with Crippen molar-refractivity contribution in [1.82, 2.24) is 20.4 Å². The molecular weight excluding hydrogens is 448 g/mol. The lowest BCUT2D eigenvalue weighted by Gasteiger charge is -2.29. The molecule has 2 N–H and O–H groups in total. The van der Waals surface area contributed by atoms with Crippen molar-refractivity contribution in [2.24, 2.45) is 0 Å². The molecule has 6 rings (SSSR count). The monoisotopic (exact) mass is 480 g/mol. The van der Waals surface area contributed by atoms with E-state index in [1.807, 2.05) is 48.5 Å². The summed E-state index contributed by atoms with van der Waals surface area (Å²) in [5.41, 5.74) is 4.79. The third-order valence-electron chi connectivity index (χ3n) is 7.75. The highest BCUT2D eigenvalue weighted by molar-refractivity contribution is 6.01. The first-order chi connectivity index (χ1) is 17.6. The van der Waals surface area contributed by atoms with Gasteiger partial charge in [0.15, 0.2) is 0 Å². The number of hydrogen-bond donors (Lipinski definition) is 2. The molecule has 184 valence electrons. The van der Waals surface area contributed by atoms with Gasteiger partial charge in [-0.3, -0.25) is 9.89 Å². The Morgan fingerprint density at radius 1 is 1.06 bits per heavy atom. The molecule has 36 heavy (non-hydrogen) atoms. The van der Waals surface area contributed by atoms with E-state index in [1.54, 1.807) is 0 Å². The van der Waals surface area contributed by atoms with Gasteiger partial charge < -0.3 is 15.0 Å². The first-order valence-corrected chi connectivity index (χ1v) is 12.9. The highest BCUT2D eigenvalue weighted by atomic mass is 16.5. The van der Waals surface area contributed by atoms with Crippen LogP contribution in [-0.4, -0.2) is 53.8 Å². The second kappa shape index (κ2) is 9.43. The van der Waals surface area contributed by atoms with Crippen LogP contribution in [0.5, 0.6) is 5.75 Å². The van der Waals surface area contributed by atoms with Crippen molar-refractivity contribution in [3.8, 4) is 17.0 Å². The van der Waals surface area contributed by atoms with Gasteiger partial charge in [0.1, 0.15) is 11.9 Å². The van der Waals surface area contributed by atoms with Gasteiger partial charge in [0.05, 0.1) is 11.2 Å². The molecule has 2 heterocycles. The Kier molecular flexibility index (Phi) is 5.97. The summed E-state index contributed by atoms with van der Waals surface area (Å²) in [5, 5.41) is 11.8. The quantitative estimate of drug-likeness (QED) is 0.383. The molecule has 0 unspecified atom stereocenters. The van der Waals surface area contributed by atoms with Gasteiger partial charge in [0.25, 0.3) is 5.91 Å². The van der Waals surface area contributed by atoms with E-state index < -0.39 is 0 Å². The molecule has 1 saturated carbocycles. The number of H-pyrrole nitrogens is 1. The molecule has 4 aromatic rings. The van der Waals surface area contributed by atoms with E-state index in [2.05, 4.69) is 51.7 Å². The van der Waals surface area contributed by atoms with Crippen molar-refractivity contribution in [2.75, 3.05) is 26.7 Å². The van der Waals surface area contributed by atoms with Crippen LogP contribution in [0.25, 0.3) is 22.2 Å². The number of benzene rings is 3. The number of nitrogens with zero attached hydrogens (tertiary/aromatic N) is 2. The summed E-state index contributed by atoms with van der Waals surface area (Å²) in [6, 6.07) is 24.3. The highest BCUT2D eigenvalue weighted by Crippen LogP contribution is 2.47. The lowest BCUT2D eigenvalue weighted by atomic mass is 9.96. The lowest BCUT2D eigenvalue weighted by Crippen LogP contribution is -2.35. The second-order valence-corrected chi connectivity index (χ2v) is 10.3. The van der Waals surface area contributed by atoms with E-state index in [0.29, 0.717) is 12.1 Å². The highest BCUT2D eigenvalue weighted by Gasteiger charge is 2.44. The molecule has 2 aliphatic rings. The summed E-state index contributed by atoms with van der Waals surface area (Å²) >= 11 is 0. The number of rotatable bonds is 7. The minimum absolute atomic E-state index is 0.0480. The standard InChI is InChI=1S/C30H32N4O2/c1-34-17-13-25(14-18-34)36-24-10-7-21(8-11-24)28-26-19-22(9-12-27(26)32-33-28)29(35)31-20-30(15-16-30)23-5-3-2-4-6-23/h2-12,19,25H,13-18,20H2,1H3,(H,31,35)(H,32,33). The van der Waals surface area contributed by atoms with Gasteiger partial charge in [-0.05, 0) is 80.8 Å². The number of ether oxygens (including phenoxy) is 1. The van der Waals surface area contributed by atoms with Crippen LogP contribution in [0.15, 0.2) is 72.8 Å². The maximum atomic E-state index is 13.1. The summed E-state index contributed by atoms with van der Waals surface area (Å²) in [6.45, 7) is 2.81. The Bertz CT molecular complexity index is 1350. The fraction of sp³-hybridized carbons (Fsp3) is 0.333. The first-order valence-electron chi connectivity index (χ1n) is 12.9. The number of hydrogen-bond acceptors (Lipinski definition) is 4. The van der Waals surface area contributed by atoms with Crippen molar-refractivity contribution in [3.05, 3.63) is 83.9 Å². The molecule has 1 aromatic heterocycles. The van der Waals surface area contributed by atoms with Crippen molar-refractivity contribution >= 4 is 16.8 Å². The maximum absolute atomic E-state index is 13.1. The van der Waals surface area contributed by atoms with E-state index in [-0.39, 0.29) is 17.4 Å². The van der Waals surface area contributed by atoms with Gasteiger partial charge in [-0.25, -0.2) is 0 Å². The molecule has 3 aromatic carbocycles. The van der Waals surface area contributed by atoms with E-state index in [9.17, 15) is 4.79 Å². The zero-order valence-corrected chi connectivity index (χ0v) is 20.7. The van der Waals surface area contributed by atoms with Crippen LogP contribution in [-0.2, 0) is 5.41 Å². The Hall–Kier alpha value is -3.64. The first kappa shape index (κ1) is 22.8. The van der Waals surface area contributed by atoms with Gasteiger partial charge in [0.2, 0.25) is 0 Å². The zero-order chi connectivity index (χ0) is 24.5. The summed E-state index contributed by atoms with van der Waals surface area (Å²) in [6.07, 6.45) is 4.61. The topological polar surface area (TPSA) is 70.2 Å². The molecule has 1 aliphatic heterocycles. The van der Waals surface area contributed by atoms with Crippen LogP contribution in [0.3, 0.4) is 0 Å². The Labute approximate surface area is 211 Å². The molecule has 1 saturated heterocycles. The second-order valence-electron chi connectivity index (χ2n) is 10.3. The molecule has 1 amide bonds. The molecule has 6 heteroatoms. The Balaban J connectivity index is 1.16. The van der Waals surface area contributed by atoms with Crippen LogP contribution in [0, 0.1) is 0 Å². The molecule has 0 spiro atoms. The number of nitrogens with one attached hydrogen (secondary N) is 2. The number of fused-ring (bicyclic) bond motifs is 1. The van der Waals surface area contributed by atoms with Gasteiger partial charge in [-0.15, -0.1) is 0 Å². The van der Waals surface area contributed by atoms with Crippen LogP contribution in [0.1, 0.15) is 41.6 Å². The Morgan fingerprint density at radius 3 is 2.53 bits per heavy atom. The molecular formula is C30H32N4O2. The molecule has 1 aliphatic carbocycles. The van der Waals surface area contributed by atoms with E-state index in [0.717, 1.165) is 66.7 Å². The smallest absolute Gasteiger partial charge is 0.251 e. The number of likely N-dealkylation sites (tertiary alicyclic amines) is 1. The van der Waals surface area contributed by atoms with Gasteiger partial charge in [-0.2, -0.15) is 5.10 Å². The number of amides is 1. The summed E-state index contributed by atoms with van der Waals surface area (Å²) < 4.78 is 6.20. The summed E-state index contributed by atoms with van der Waals surface area (Å²) in [4.78, 5) is 15.4. The van der Waals surface area contributed by atoms with Gasteiger partial charge >= 0.3 is 0 Å². The molecule has 6 nitrogen and oxygen atoms in total. The van der Waals surface area contributed by atoms with Crippen LogP contribution in [0.4, 0.5) is 0 Å². The number of piperidine rings is 1. The lowest BCUT2D eigenvalue weighted by molar-refractivity contribution is 0.0950. The molecule has 0 atom stereocenters. The fourth-order valence-electron chi connectivity index (χ4n) is 5.22. The van der Waals surface area contributed by atoms with Crippen molar-refractivity contribution in [3.63, 3.8) is 0 Å². The fourth-order valence-corrected chi connectivity index (χ4v) is 5.22. The third kappa shape index (κ3) is 4.61. The molecule has 0 bridgehead atoms. The molecule has 2 fully saturated rings. The number of carbonyl (C=O) groups is 1. The van der Waals surface area contributed by atoms with Gasteiger partial charge in [-0.1, -0.05) is 30.3 Å². The SMILES string of the molecule is CN1CCC(Oc2ccc(-c3n[nH]c4ccc(C(=O)NCC5(c6ccccc6)CC5)cc34)cc2)CC1. The summed E-state index contributed by atoms with van der Waals surface area (Å²) in [5.74, 6) is 0.841. The average Bonchev–Trinajstić information content (AvgIpc) is 3.60. The maximum Gasteiger partial charge on any atom is 0.251 e. The molecule has 0 radical (unpaired) electrons. The average molecular weight is 481 g/mol. The summed E-state index contributed by atoms with van der Waals surface area (Å²) in [7, 11) is 2.16. The minimum atomic E-state index is -0.0480. The van der Waals surface area contributed by atoms with E-state index in [4.69, 9.17) is 4.74 Å². The Morgan fingerprint density at radius 2 is 1.81 bits per heavy atom. The van der Waals surface area contributed by atoms with Gasteiger partial charge in [0, 0.05) is 41.6 Å².